The van der Waals surface area contributed by atoms with Gasteiger partial charge in [0.1, 0.15) is 6.10 Å². The van der Waals surface area contributed by atoms with Crippen molar-refractivity contribution in [3.63, 3.8) is 0 Å². The summed E-state index contributed by atoms with van der Waals surface area (Å²) in [6.45, 7) is 0.602. The minimum atomic E-state index is -0.523. The van der Waals surface area contributed by atoms with Gasteiger partial charge < -0.3 is 14.7 Å². The molecule has 138 valence electrons. The van der Waals surface area contributed by atoms with Gasteiger partial charge >= 0.3 is 0 Å². The summed E-state index contributed by atoms with van der Waals surface area (Å²) in [7, 11) is 0. The first-order valence-corrected chi connectivity index (χ1v) is 9.19. The summed E-state index contributed by atoms with van der Waals surface area (Å²) in [5.74, 6) is -0.118. The van der Waals surface area contributed by atoms with Gasteiger partial charge in [-0.25, -0.2) is 0 Å². The van der Waals surface area contributed by atoms with Crippen LogP contribution in [0, 0.1) is 0 Å². The average molecular weight is 383 g/mol. The first-order chi connectivity index (χ1) is 13.2. The van der Waals surface area contributed by atoms with Crippen LogP contribution in [0.15, 0.2) is 60.8 Å². The number of aliphatic hydroxyl groups is 1. The number of hydrogen-bond acceptors (Lipinski definition) is 4. The number of hydrogen-bond donors (Lipinski definition) is 1. The summed E-state index contributed by atoms with van der Waals surface area (Å²) in [6, 6.07) is 16.2. The van der Waals surface area contributed by atoms with E-state index in [-0.39, 0.29) is 12.5 Å². The van der Waals surface area contributed by atoms with E-state index in [0.29, 0.717) is 23.7 Å². The van der Waals surface area contributed by atoms with Crippen molar-refractivity contribution in [2.75, 3.05) is 19.8 Å². The molecular formula is C21H19ClN2O3. The van der Waals surface area contributed by atoms with E-state index >= 15 is 0 Å². The van der Waals surface area contributed by atoms with Crippen LogP contribution in [0.25, 0.3) is 10.9 Å². The van der Waals surface area contributed by atoms with E-state index in [2.05, 4.69) is 4.98 Å². The number of aliphatic hydroxyl groups excluding tert-OH is 1. The fourth-order valence-corrected chi connectivity index (χ4v) is 3.82. The van der Waals surface area contributed by atoms with Crippen molar-refractivity contribution in [2.45, 2.75) is 12.1 Å². The molecule has 1 aliphatic rings. The first-order valence-electron chi connectivity index (χ1n) is 8.81. The highest BCUT2D eigenvalue weighted by Crippen LogP contribution is 2.35. The summed E-state index contributed by atoms with van der Waals surface area (Å²) < 4.78 is 5.72. The monoisotopic (exact) mass is 382 g/mol. The lowest BCUT2D eigenvalue weighted by atomic mass is 9.97. The van der Waals surface area contributed by atoms with Crippen LogP contribution in [0.4, 0.5) is 0 Å². The molecule has 1 amide bonds. The second-order valence-corrected chi connectivity index (χ2v) is 6.87. The molecule has 1 saturated heterocycles. The van der Waals surface area contributed by atoms with Gasteiger partial charge in [0.25, 0.3) is 5.91 Å². The van der Waals surface area contributed by atoms with Crippen molar-refractivity contribution in [3.8, 4) is 0 Å². The van der Waals surface area contributed by atoms with Gasteiger partial charge in [0.05, 0.1) is 24.8 Å². The fraction of sp³-hybridized carbons (Fsp3) is 0.238. The third kappa shape index (κ3) is 3.41. The SMILES string of the molecule is O=C(c1ccc2ncccc2c1)N1CCO[C@@H](CO)[C@@H]1c1ccccc1Cl. The largest absolute Gasteiger partial charge is 0.394 e. The summed E-state index contributed by atoms with van der Waals surface area (Å²) >= 11 is 6.39. The molecule has 1 fully saturated rings. The molecule has 2 aromatic carbocycles. The van der Waals surface area contributed by atoms with Crippen molar-refractivity contribution in [3.05, 3.63) is 76.9 Å². The van der Waals surface area contributed by atoms with Gasteiger partial charge in [0, 0.05) is 28.7 Å². The van der Waals surface area contributed by atoms with E-state index < -0.39 is 12.1 Å². The van der Waals surface area contributed by atoms with Crippen LogP contribution in [-0.2, 0) is 4.74 Å². The second kappa shape index (κ2) is 7.64. The molecule has 27 heavy (non-hydrogen) atoms. The van der Waals surface area contributed by atoms with Gasteiger partial charge in [0.2, 0.25) is 0 Å². The maximum absolute atomic E-state index is 13.3. The van der Waals surface area contributed by atoms with E-state index in [1.165, 1.54) is 0 Å². The summed E-state index contributed by atoms with van der Waals surface area (Å²) in [5, 5.41) is 11.3. The van der Waals surface area contributed by atoms with Gasteiger partial charge in [0.15, 0.2) is 0 Å². The highest BCUT2D eigenvalue weighted by atomic mass is 35.5. The zero-order chi connectivity index (χ0) is 18.8. The predicted molar refractivity (Wildman–Crippen MR) is 104 cm³/mol. The summed E-state index contributed by atoms with van der Waals surface area (Å²) in [5.41, 5.74) is 2.19. The maximum Gasteiger partial charge on any atom is 0.254 e. The maximum atomic E-state index is 13.3. The number of benzene rings is 2. The predicted octanol–water partition coefficient (Wildman–Crippen LogP) is 3.46. The van der Waals surface area contributed by atoms with E-state index in [1.54, 1.807) is 23.2 Å². The number of rotatable bonds is 3. The molecule has 0 spiro atoms. The number of halogens is 1. The molecule has 0 saturated carbocycles. The second-order valence-electron chi connectivity index (χ2n) is 6.47. The topological polar surface area (TPSA) is 62.7 Å². The van der Waals surface area contributed by atoms with Crippen LogP contribution in [0.3, 0.4) is 0 Å². The third-order valence-corrected chi connectivity index (χ3v) is 5.21. The Kier molecular flexibility index (Phi) is 5.07. The molecular weight excluding hydrogens is 364 g/mol. The third-order valence-electron chi connectivity index (χ3n) is 4.87. The highest BCUT2D eigenvalue weighted by molar-refractivity contribution is 6.31. The Morgan fingerprint density at radius 3 is 2.89 bits per heavy atom. The zero-order valence-electron chi connectivity index (χ0n) is 14.6. The molecule has 2 heterocycles. The van der Waals surface area contributed by atoms with Crippen LogP contribution in [-0.4, -0.2) is 46.8 Å². The Morgan fingerprint density at radius 1 is 1.22 bits per heavy atom. The molecule has 0 unspecified atom stereocenters. The van der Waals surface area contributed by atoms with Crippen LogP contribution in [0.1, 0.15) is 22.0 Å². The smallest absolute Gasteiger partial charge is 0.254 e. The normalized spacial score (nSPS) is 20.0. The average Bonchev–Trinajstić information content (AvgIpc) is 2.72. The highest BCUT2D eigenvalue weighted by Gasteiger charge is 2.37. The van der Waals surface area contributed by atoms with Gasteiger partial charge in [-0.05, 0) is 35.9 Å². The van der Waals surface area contributed by atoms with Crippen molar-refractivity contribution in [2.24, 2.45) is 0 Å². The fourth-order valence-electron chi connectivity index (χ4n) is 3.57. The van der Waals surface area contributed by atoms with Gasteiger partial charge in [-0.15, -0.1) is 0 Å². The van der Waals surface area contributed by atoms with Crippen LogP contribution in [0.5, 0.6) is 0 Å². The molecule has 6 heteroatoms. The Bertz CT molecular complexity index is 978. The van der Waals surface area contributed by atoms with Gasteiger partial charge in [-0.1, -0.05) is 35.9 Å². The molecule has 5 nitrogen and oxygen atoms in total. The van der Waals surface area contributed by atoms with Crippen LogP contribution in [0.2, 0.25) is 5.02 Å². The molecule has 4 rings (SSSR count). The number of ether oxygens (including phenoxy) is 1. The Morgan fingerprint density at radius 2 is 2.07 bits per heavy atom. The molecule has 1 aromatic heterocycles. The quantitative estimate of drug-likeness (QED) is 0.753. The molecule has 0 bridgehead atoms. The first kappa shape index (κ1) is 17.9. The lowest BCUT2D eigenvalue weighted by Crippen LogP contribution is -2.49. The van der Waals surface area contributed by atoms with Crippen LogP contribution >= 0.6 is 11.6 Å². The van der Waals surface area contributed by atoms with Crippen molar-refractivity contribution < 1.29 is 14.6 Å². The summed E-state index contributed by atoms with van der Waals surface area (Å²) in [4.78, 5) is 19.4. The Hall–Kier alpha value is -2.47. The lowest BCUT2D eigenvalue weighted by molar-refractivity contribution is -0.0811. The number of carbonyl (C=O) groups is 1. The molecule has 1 aliphatic heterocycles. The van der Waals surface area contributed by atoms with E-state index in [9.17, 15) is 9.90 Å². The van der Waals surface area contributed by atoms with Crippen molar-refractivity contribution in [1.29, 1.82) is 0 Å². The summed E-state index contributed by atoms with van der Waals surface area (Å²) in [6.07, 6.45) is 1.20. The molecule has 3 aromatic rings. The van der Waals surface area contributed by atoms with Crippen molar-refractivity contribution in [1.82, 2.24) is 9.88 Å². The molecule has 2 atom stereocenters. The van der Waals surface area contributed by atoms with Gasteiger partial charge in [-0.3, -0.25) is 9.78 Å². The number of fused-ring (bicyclic) bond motifs is 1. The lowest BCUT2D eigenvalue weighted by Gasteiger charge is -2.41. The number of aromatic nitrogens is 1. The molecule has 0 radical (unpaired) electrons. The Balaban J connectivity index is 1.74. The van der Waals surface area contributed by atoms with Gasteiger partial charge in [-0.2, -0.15) is 0 Å². The van der Waals surface area contributed by atoms with E-state index in [0.717, 1.165) is 16.5 Å². The number of carbonyl (C=O) groups excluding carboxylic acids is 1. The minimum absolute atomic E-state index is 0.118. The standard InChI is InChI=1S/C21H19ClN2O3/c22-17-6-2-1-5-16(17)20-19(13-25)27-11-10-24(20)21(26)15-7-8-18-14(12-15)4-3-9-23-18/h1-9,12,19-20,25H,10-11,13H2/t19-,20-/m0/s1. The number of nitrogens with zero attached hydrogens (tertiary/aromatic N) is 2. The zero-order valence-corrected chi connectivity index (χ0v) is 15.3. The Labute approximate surface area is 162 Å². The molecule has 1 N–H and O–H groups in total. The van der Waals surface area contributed by atoms with E-state index in [4.69, 9.17) is 16.3 Å². The molecule has 0 aliphatic carbocycles. The van der Waals surface area contributed by atoms with Crippen molar-refractivity contribution >= 4 is 28.4 Å². The van der Waals surface area contributed by atoms with E-state index in [1.807, 2.05) is 42.5 Å². The minimum Gasteiger partial charge on any atom is -0.394 e. The number of pyridine rings is 1. The number of amides is 1. The number of morpholine rings is 1. The van der Waals surface area contributed by atoms with Crippen LogP contribution < -0.4 is 0 Å².